The van der Waals surface area contributed by atoms with Gasteiger partial charge < -0.3 is 14.5 Å². The van der Waals surface area contributed by atoms with Gasteiger partial charge in [0, 0.05) is 17.7 Å². The van der Waals surface area contributed by atoms with E-state index in [1.54, 1.807) is 0 Å². The molecule has 22 heavy (non-hydrogen) atoms. The molecule has 0 saturated carbocycles. The van der Waals surface area contributed by atoms with E-state index in [9.17, 15) is 4.79 Å². The van der Waals surface area contributed by atoms with Gasteiger partial charge in [-0.05, 0) is 24.3 Å². The number of hydrogen-bond donors (Lipinski definition) is 1. The van der Waals surface area contributed by atoms with Crippen LogP contribution < -0.4 is 10.1 Å². The van der Waals surface area contributed by atoms with E-state index in [-0.39, 0.29) is 5.91 Å². The van der Waals surface area contributed by atoms with E-state index in [0.29, 0.717) is 29.5 Å². The minimum absolute atomic E-state index is 0.0644. The van der Waals surface area contributed by atoms with Crippen LogP contribution in [0.1, 0.15) is 20.8 Å². The Hall–Kier alpha value is -2.02. The van der Waals surface area contributed by atoms with Gasteiger partial charge in [-0.15, -0.1) is 10.2 Å². The molecule has 6 nitrogen and oxygen atoms in total. The van der Waals surface area contributed by atoms with E-state index >= 15 is 0 Å². The molecule has 1 aromatic heterocycles. The van der Waals surface area contributed by atoms with Crippen molar-refractivity contribution in [3.8, 4) is 17.2 Å². The average molecular weight is 321 g/mol. The van der Waals surface area contributed by atoms with Gasteiger partial charge in [-0.25, -0.2) is 0 Å². The summed E-state index contributed by atoms with van der Waals surface area (Å²) in [5.41, 5.74) is 0.845. The molecule has 7 heteroatoms. The second kappa shape index (κ2) is 7.84. The molecule has 0 unspecified atom stereocenters. The van der Waals surface area contributed by atoms with E-state index in [1.807, 2.05) is 24.3 Å². The standard InChI is InChI=1S/C15H19N3O3S/c1-10(2)22-15-18-17-14(21-15)12-4-6-13(7-5-12)20-9-8-16-11(3)19/h4-7,10H,8-9H2,1-3H3,(H,16,19). The van der Waals surface area contributed by atoms with Gasteiger partial charge in [-0.3, -0.25) is 4.79 Å². The lowest BCUT2D eigenvalue weighted by Gasteiger charge is -2.06. The summed E-state index contributed by atoms with van der Waals surface area (Å²) in [6.07, 6.45) is 0. The van der Waals surface area contributed by atoms with Crippen molar-refractivity contribution in [2.75, 3.05) is 13.2 Å². The molecule has 0 atom stereocenters. The number of hydrogen-bond acceptors (Lipinski definition) is 6. The first-order valence-electron chi connectivity index (χ1n) is 7.02. The number of nitrogens with one attached hydrogen (secondary N) is 1. The average Bonchev–Trinajstić information content (AvgIpc) is 2.92. The Morgan fingerprint density at radius 3 is 2.68 bits per heavy atom. The molecular weight excluding hydrogens is 302 g/mol. The van der Waals surface area contributed by atoms with Gasteiger partial charge >= 0.3 is 0 Å². The van der Waals surface area contributed by atoms with Crippen molar-refractivity contribution in [1.82, 2.24) is 15.5 Å². The van der Waals surface area contributed by atoms with Crippen molar-refractivity contribution in [2.45, 2.75) is 31.2 Å². The highest BCUT2D eigenvalue weighted by atomic mass is 32.2. The van der Waals surface area contributed by atoms with Crippen LogP contribution in [-0.4, -0.2) is 34.5 Å². The fourth-order valence-electron chi connectivity index (χ4n) is 1.67. The van der Waals surface area contributed by atoms with Crippen molar-refractivity contribution in [3.05, 3.63) is 24.3 Å². The molecule has 0 aliphatic rings. The number of carbonyl (C=O) groups is 1. The second-order valence-corrected chi connectivity index (χ2v) is 6.42. The maximum atomic E-state index is 10.7. The second-order valence-electron chi connectivity index (χ2n) is 4.90. The molecule has 0 radical (unpaired) electrons. The number of ether oxygens (including phenoxy) is 1. The van der Waals surface area contributed by atoms with Gasteiger partial charge in [-0.1, -0.05) is 25.6 Å². The maximum absolute atomic E-state index is 10.7. The number of aromatic nitrogens is 2. The zero-order valence-corrected chi connectivity index (χ0v) is 13.6. The van der Waals surface area contributed by atoms with Crippen LogP contribution >= 0.6 is 11.8 Å². The summed E-state index contributed by atoms with van der Waals surface area (Å²) in [6.45, 7) is 6.53. The number of nitrogens with zero attached hydrogens (tertiary/aromatic N) is 2. The van der Waals surface area contributed by atoms with Crippen molar-refractivity contribution >= 4 is 17.7 Å². The van der Waals surface area contributed by atoms with Gasteiger partial charge in [0.15, 0.2) is 0 Å². The van der Waals surface area contributed by atoms with E-state index in [1.165, 1.54) is 18.7 Å². The SMILES string of the molecule is CC(=O)NCCOc1ccc(-c2nnc(SC(C)C)o2)cc1. The molecule has 118 valence electrons. The highest BCUT2D eigenvalue weighted by Gasteiger charge is 2.10. The first-order chi connectivity index (χ1) is 10.5. The highest BCUT2D eigenvalue weighted by molar-refractivity contribution is 7.99. The van der Waals surface area contributed by atoms with Crippen LogP contribution in [0.3, 0.4) is 0 Å². The molecule has 0 spiro atoms. The first-order valence-corrected chi connectivity index (χ1v) is 7.90. The van der Waals surface area contributed by atoms with Crippen molar-refractivity contribution in [2.24, 2.45) is 0 Å². The van der Waals surface area contributed by atoms with Crippen LogP contribution in [0.25, 0.3) is 11.5 Å². The highest BCUT2D eigenvalue weighted by Crippen LogP contribution is 2.26. The van der Waals surface area contributed by atoms with Crippen molar-refractivity contribution in [3.63, 3.8) is 0 Å². The van der Waals surface area contributed by atoms with E-state index < -0.39 is 0 Å². The molecule has 1 N–H and O–H groups in total. The lowest BCUT2D eigenvalue weighted by atomic mass is 10.2. The van der Waals surface area contributed by atoms with Crippen molar-refractivity contribution in [1.29, 1.82) is 0 Å². The molecule has 0 aliphatic carbocycles. The number of carbonyl (C=O) groups excluding carboxylic acids is 1. The first kappa shape index (κ1) is 16.4. The summed E-state index contributed by atoms with van der Waals surface area (Å²) in [6, 6.07) is 7.40. The lowest BCUT2D eigenvalue weighted by Crippen LogP contribution is -2.25. The van der Waals surface area contributed by atoms with Crippen molar-refractivity contribution < 1.29 is 13.9 Å². The summed E-state index contributed by atoms with van der Waals surface area (Å²) in [5.74, 6) is 1.16. The monoisotopic (exact) mass is 321 g/mol. The molecule has 2 rings (SSSR count). The smallest absolute Gasteiger partial charge is 0.277 e. The Morgan fingerprint density at radius 2 is 2.05 bits per heavy atom. The van der Waals surface area contributed by atoms with Crippen LogP contribution in [0, 0.1) is 0 Å². The van der Waals surface area contributed by atoms with Gasteiger partial charge in [0.05, 0.1) is 6.54 Å². The zero-order chi connectivity index (χ0) is 15.9. The lowest BCUT2D eigenvalue weighted by molar-refractivity contribution is -0.119. The van der Waals surface area contributed by atoms with E-state index in [4.69, 9.17) is 9.15 Å². The number of amides is 1. The van der Waals surface area contributed by atoms with Crippen LogP contribution in [0.2, 0.25) is 0 Å². The largest absolute Gasteiger partial charge is 0.492 e. The minimum Gasteiger partial charge on any atom is -0.492 e. The Labute approximate surface area is 133 Å². The van der Waals surface area contributed by atoms with Crippen LogP contribution in [0.5, 0.6) is 5.75 Å². The molecule has 1 amide bonds. The third-order valence-electron chi connectivity index (χ3n) is 2.59. The molecule has 0 aliphatic heterocycles. The molecule has 1 heterocycles. The van der Waals surface area contributed by atoms with E-state index in [0.717, 1.165) is 11.3 Å². The zero-order valence-electron chi connectivity index (χ0n) is 12.8. The maximum Gasteiger partial charge on any atom is 0.277 e. The number of benzene rings is 1. The van der Waals surface area contributed by atoms with Gasteiger partial charge in [-0.2, -0.15) is 0 Å². The molecule has 0 saturated heterocycles. The normalized spacial score (nSPS) is 10.7. The molecule has 1 aromatic carbocycles. The van der Waals surface area contributed by atoms with Gasteiger partial charge in [0.25, 0.3) is 5.22 Å². The molecule has 2 aromatic rings. The Morgan fingerprint density at radius 1 is 1.32 bits per heavy atom. The fraction of sp³-hybridized carbons (Fsp3) is 0.400. The molecule has 0 bridgehead atoms. The third-order valence-corrected chi connectivity index (χ3v) is 3.43. The predicted molar refractivity (Wildman–Crippen MR) is 84.9 cm³/mol. The summed E-state index contributed by atoms with van der Waals surface area (Å²) < 4.78 is 11.1. The van der Waals surface area contributed by atoms with Gasteiger partial charge in [0.1, 0.15) is 12.4 Å². The number of rotatable bonds is 7. The minimum atomic E-state index is -0.0644. The summed E-state index contributed by atoms with van der Waals surface area (Å²) in [5, 5.41) is 11.7. The van der Waals surface area contributed by atoms with Crippen LogP contribution in [-0.2, 0) is 4.79 Å². The predicted octanol–water partition coefficient (Wildman–Crippen LogP) is 2.75. The number of thioether (sulfide) groups is 1. The van der Waals surface area contributed by atoms with E-state index in [2.05, 4.69) is 29.4 Å². The topological polar surface area (TPSA) is 77.2 Å². The van der Waals surface area contributed by atoms with Crippen LogP contribution in [0.4, 0.5) is 0 Å². The quantitative estimate of drug-likeness (QED) is 0.624. The molecular formula is C15H19N3O3S. The Balaban J connectivity index is 1.91. The summed E-state index contributed by atoms with van der Waals surface area (Å²) in [4.78, 5) is 10.7. The van der Waals surface area contributed by atoms with Gasteiger partial charge in [0.2, 0.25) is 11.8 Å². The third kappa shape index (κ3) is 5.07. The Kier molecular flexibility index (Phi) is 5.83. The Bertz CT molecular complexity index is 611. The molecule has 0 fully saturated rings. The summed E-state index contributed by atoms with van der Waals surface area (Å²) >= 11 is 1.53. The van der Waals surface area contributed by atoms with Crippen LogP contribution in [0.15, 0.2) is 33.9 Å². The fourth-order valence-corrected chi connectivity index (χ4v) is 2.28. The summed E-state index contributed by atoms with van der Waals surface area (Å²) in [7, 11) is 0.